The van der Waals surface area contributed by atoms with Crippen molar-refractivity contribution in [3.8, 4) is 40.2 Å². The number of para-hydroxylation sites is 2. The molecule has 0 atom stereocenters. The van der Waals surface area contributed by atoms with Crippen molar-refractivity contribution in [3.63, 3.8) is 0 Å². The maximum atomic E-state index is 13.2. The lowest BCUT2D eigenvalue weighted by atomic mass is 9.98. The van der Waals surface area contributed by atoms with Gasteiger partial charge in [0, 0.05) is 38.7 Å². The minimum absolute atomic E-state index is 0.0215. The van der Waals surface area contributed by atoms with Crippen LogP contribution < -0.4 is 0 Å². The largest absolute Gasteiger partial charge is 0.417 e. The quantitative estimate of drug-likeness (QED) is 0.128. The summed E-state index contributed by atoms with van der Waals surface area (Å²) in [6.45, 7) is 1.82. The van der Waals surface area contributed by atoms with Crippen molar-refractivity contribution in [1.82, 2.24) is 29.9 Å². The predicted molar refractivity (Wildman–Crippen MR) is 238 cm³/mol. The van der Waals surface area contributed by atoms with E-state index in [0.717, 1.165) is 78.4 Å². The first kappa shape index (κ1) is 45.8. The fourth-order valence-corrected chi connectivity index (χ4v) is 7.94. The molecular formula is C48H34Cl3F6N7. The molecule has 0 amide bonds. The minimum atomic E-state index is -4.48. The van der Waals surface area contributed by atoms with Crippen LogP contribution in [-0.2, 0) is 25.2 Å². The number of benzene rings is 5. The highest BCUT2D eigenvalue weighted by Crippen LogP contribution is 2.39. The number of aromatic nitrogens is 6. The maximum Gasteiger partial charge on any atom is 0.417 e. The first-order chi connectivity index (χ1) is 30.6. The summed E-state index contributed by atoms with van der Waals surface area (Å²) in [4.78, 5) is 25.7. The van der Waals surface area contributed by atoms with Gasteiger partial charge in [-0.3, -0.25) is 0 Å². The lowest BCUT2D eigenvalue weighted by molar-refractivity contribution is -0.137. The van der Waals surface area contributed by atoms with Gasteiger partial charge in [0.2, 0.25) is 0 Å². The molecular weight excluding hydrogens is 895 g/mol. The second-order valence-electron chi connectivity index (χ2n) is 14.6. The number of fused-ring (bicyclic) bond motifs is 3. The Morgan fingerprint density at radius 3 is 1.64 bits per heavy atom. The topological polar surface area (TPSA) is 101 Å². The van der Waals surface area contributed by atoms with Gasteiger partial charge in [0.15, 0.2) is 17.5 Å². The molecule has 1 aliphatic carbocycles. The van der Waals surface area contributed by atoms with Crippen LogP contribution in [0.25, 0.3) is 56.0 Å². The molecule has 0 bridgehead atoms. The molecule has 0 saturated carbocycles. The third kappa shape index (κ3) is 10.4. The average molecular weight is 929 g/mol. The van der Waals surface area contributed by atoms with Crippen molar-refractivity contribution in [2.75, 3.05) is 0 Å². The van der Waals surface area contributed by atoms with E-state index in [-0.39, 0.29) is 33.1 Å². The molecule has 0 unspecified atom stereocenters. The molecule has 0 saturated heterocycles. The highest BCUT2D eigenvalue weighted by molar-refractivity contribution is 6.34. The second-order valence-corrected chi connectivity index (χ2v) is 15.7. The van der Waals surface area contributed by atoms with E-state index in [4.69, 9.17) is 40.1 Å². The smallest absolute Gasteiger partial charge is 0.233 e. The molecule has 7 nitrogen and oxygen atoms in total. The van der Waals surface area contributed by atoms with Gasteiger partial charge in [0.05, 0.1) is 33.8 Å². The van der Waals surface area contributed by atoms with Crippen LogP contribution in [0.4, 0.5) is 26.3 Å². The molecule has 0 aliphatic heterocycles. The Morgan fingerprint density at radius 2 is 1.00 bits per heavy atom. The normalized spacial score (nSPS) is 12.8. The van der Waals surface area contributed by atoms with Crippen LogP contribution in [0.3, 0.4) is 0 Å². The Kier molecular flexibility index (Phi) is 14.1. The molecule has 8 aromatic rings. The first-order valence-corrected chi connectivity index (χ1v) is 21.0. The Morgan fingerprint density at radius 1 is 0.500 bits per heavy atom. The molecule has 5 aromatic carbocycles. The SMILES string of the molecule is Cc1cccc2c(Cl)nc(-c3ccccc3C(F)(F)F)nc12.FC(F)(F)c1ccccc1-c1nc(Cl)c2c(n1)CCCCCC2.N#Cc1ccccc1-c1nc(Cl)c2ccccc2n1. The van der Waals surface area contributed by atoms with E-state index in [1.807, 2.05) is 55.5 Å². The van der Waals surface area contributed by atoms with E-state index in [1.54, 1.807) is 24.3 Å². The zero-order valence-electron chi connectivity index (χ0n) is 33.7. The fraction of sp³-hybridized carbons (Fsp3) is 0.188. The number of hydrogen-bond acceptors (Lipinski definition) is 7. The van der Waals surface area contributed by atoms with Gasteiger partial charge in [-0.25, -0.2) is 29.9 Å². The van der Waals surface area contributed by atoms with Gasteiger partial charge < -0.3 is 0 Å². The van der Waals surface area contributed by atoms with Gasteiger partial charge in [-0.1, -0.05) is 120 Å². The summed E-state index contributed by atoms with van der Waals surface area (Å²) in [6, 6.07) is 32.8. The molecule has 16 heteroatoms. The molecule has 0 radical (unpaired) electrons. The number of nitrogens with zero attached hydrogens (tertiary/aromatic N) is 7. The third-order valence-electron chi connectivity index (χ3n) is 10.3. The van der Waals surface area contributed by atoms with Gasteiger partial charge in [-0.05, 0) is 80.6 Å². The average Bonchev–Trinajstić information content (AvgIpc) is 3.27. The standard InChI is InChI=1S/C17H16ClF3N2.C16H10ClF3N2.C15H8ClN3/c18-15-12-8-3-1-2-4-10-14(12)22-16(23-15)11-7-5-6-9-13(11)17(19,20)21;1-9-5-4-7-11-13(9)21-15(22-14(11)17)10-6-2-3-8-12(10)16(18,19)20;16-14-12-7-3-4-8-13(12)18-15(19-14)11-6-2-1-5-10(11)9-17/h5-7,9H,1-4,8,10H2;2-8H,1H3;1-8H. The molecule has 1 aliphatic rings. The lowest BCUT2D eigenvalue weighted by Crippen LogP contribution is -2.10. The molecule has 3 heterocycles. The van der Waals surface area contributed by atoms with Gasteiger partial charge in [0.1, 0.15) is 15.5 Å². The van der Waals surface area contributed by atoms with E-state index in [0.29, 0.717) is 33.0 Å². The summed E-state index contributed by atoms with van der Waals surface area (Å²) < 4.78 is 79.0. The summed E-state index contributed by atoms with van der Waals surface area (Å²) in [5.74, 6) is 0.503. The molecule has 3 aromatic heterocycles. The minimum Gasteiger partial charge on any atom is -0.233 e. The summed E-state index contributed by atoms with van der Waals surface area (Å²) in [7, 11) is 0. The van der Waals surface area contributed by atoms with Crippen molar-refractivity contribution in [1.29, 1.82) is 5.26 Å². The fourth-order valence-electron chi connectivity index (χ4n) is 7.19. The van der Waals surface area contributed by atoms with Gasteiger partial charge in [-0.2, -0.15) is 31.6 Å². The Balaban J connectivity index is 0.000000144. The summed E-state index contributed by atoms with van der Waals surface area (Å²) in [5.41, 5.74) is 3.43. The van der Waals surface area contributed by atoms with Crippen LogP contribution >= 0.6 is 34.8 Å². The van der Waals surface area contributed by atoms with Crippen LogP contribution in [0.15, 0.2) is 115 Å². The van der Waals surface area contributed by atoms with E-state index in [1.165, 1.54) is 30.3 Å². The van der Waals surface area contributed by atoms with Crippen molar-refractivity contribution in [3.05, 3.63) is 164 Å². The van der Waals surface area contributed by atoms with Crippen LogP contribution in [-0.4, -0.2) is 29.9 Å². The number of alkyl halides is 6. The number of halogens is 9. The highest BCUT2D eigenvalue weighted by Gasteiger charge is 2.35. The first-order valence-electron chi connectivity index (χ1n) is 19.9. The van der Waals surface area contributed by atoms with Crippen LogP contribution in [0, 0.1) is 18.3 Å². The Bertz CT molecular complexity index is 3030. The second kappa shape index (κ2) is 19.7. The van der Waals surface area contributed by atoms with E-state index < -0.39 is 23.5 Å². The predicted octanol–water partition coefficient (Wildman–Crippen LogP) is 14.6. The van der Waals surface area contributed by atoms with Crippen LogP contribution in [0.2, 0.25) is 15.5 Å². The number of aryl methyl sites for hydroxylation is 2. The Labute approximate surface area is 378 Å². The van der Waals surface area contributed by atoms with Crippen molar-refractivity contribution < 1.29 is 26.3 Å². The van der Waals surface area contributed by atoms with Gasteiger partial charge in [-0.15, -0.1) is 0 Å². The molecule has 0 N–H and O–H groups in total. The zero-order chi connectivity index (χ0) is 45.6. The van der Waals surface area contributed by atoms with E-state index in [9.17, 15) is 26.3 Å². The van der Waals surface area contributed by atoms with Crippen molar-refractivity contribution >= 4 is 56.6 Å². The monoisotopic (exact) mass is 927 g/mol. The van der Waals surface area contributed by atoms with Crippen LogP contribution in [0.1, 0.15) is 59.2 Å². The maximum absolute atomic E-state index is 13.2. The molecule has 0 spiro atoms. The highest BCUT2D eigenvalue weighted by atomic mass is 35.5. The van der Waals surface area contributed by atoms with E-state index >= 15 is 0 Å². The summed E-state index contributed by atoms with van der Waals surface area (Å²) >= 11 is 18.5. The molecule has 324 valence electrons. The molecule has 64 heavy (non-hydrogen) atoms. The van der Waals surface area contributed by atoms with Crippen molar-refractivity contribution in [2.45, 2.75) is 57.8 Å². The number of nitriles is 1. The number of hydrogen-bond donors (Lipinski definition) is 0. The zero-order valence-corrected chi connectivity index (χ0v) is 36.0. The summed E-state index contributed by atoms with van der Waals surface area (Å²) in [5, 5.41) is 11.4. The lowest BCUT2D eigenvalue weighted by Gasteiger charge is -2.17. The Hall–Kier alpha value is -6.20. The van der Waals surface area contributed by atoms with Gasteiger partial charge in [0.25, 0.3) is 0 Å². The van der Waals surface area contributed by atoms with Gasteiger partial charge >= 0.3 is 12.4 Å². The number of rotatable bonds is 3. The summed E-state index contributed by atoms with van der Waals surface area (Å²) in [6.07, 6.45) is -3.18. The molecule has 0 fully saturated rings. The molecule has 9 rings (SSSR count). The van der Waals surface area contributed by atoms with E-state index in [2.05, 4.69) is 36.0 Å². The third-order valence-corrected chi connectivity index (χ3v) is 11.2. The van der Waals surface area contributed by atoms with Crippen molar-refractivity contribution in [2.24, 2.45) is 0 Å². The van der Waals surface area contributed by atoms with Crippen LogP contribution in [0.5, 0.6) is 0 Å².